The summed E-state index contributed by atoms with van der Waals surface area (Å²) in [5, 5.41) is 13.3. The number of carbonyl (C=O) groups excluding carboxylic acids is 2. The second kappa shape index (κ2) is 4.17. The van der Waals surface area contributed by atoms with Crippen molar-refractivity contribution in [3.8, 4) is 0 Å². The number of aromatic nitrogens is 1. The Bertz CT molecular complexity index is 924. The molecule has 0 atom stereocenters. The normalized spacial score (nSPS) is 14.0. The zero-order valence-corrected chi connectivity index (χ0v) is 11.1. The highest BCUT2D eigenvalue weighted by Gasteiger charge is 2.30. The van der Waals surface area contributed by atoms with Crippen LogP contribution in [0.15, 0.2) is 36.4 Å². The number of hydrogen-bond donors (Lipinski definition) is 2. The molecule has 0 saturated heterocycles. The maximum Gasteiger partial charge on any atom is 0.259 e. The largest absolute Gasteiger partial charge is 0.395 e. The molecule has 2 N–H and O–H groups in total. The van der Waals surface area contributed by atoms with E-state index in [-0.39, 0.29) is 18.4 Å². The van der Waals surface area contributed by atoms with E-state index >= 15 is 0 Å². The molecular formula is C16H12N2O3. The molecule has 1 aliphatic heterocycles. The average molecular weight is 280 g/mol. The summed E-state index contributed by atoms with van der Waals surface area (Å²) in [6.45, 7) is 0.453. The highest BCUT2D eigenvalue weighted by atomic mass is 16.3. The predicted octanol–water partition coefficient (Wildman–Crippen LogP) is 1.67. The fourth-order valence-electron chi connectivity index (χ4n) is 3.14. The zero-order chi connectivity index (χ0) is 14.6. The van der Waals surface area contributed by atoms with Crippen molar-refractivity contribution in [2.75, 3.05) is 6.61 Å². The van der Waals surface area contributed by atoms with Gasteiger partial charge in [0.1, 0.15) is 0 Å². The van der Waals surface area contributed by atoms with Crippen LogP contribution in [0.3, 0.4) is 0 Å². The van der Waals surface area contributed by atoms with Crippen LogP contribution in [0.5, 0.6) is 0 Å². The molecule has 4 rings (SSSR count). The van der Waals surface area contributed by atoms with Gasteiger partial charge >= 0.3 is 0 Å². The van der Waals surface area contributed by atoms with Crippen LogP contribution in [0.4, 0.5) is 0 Å². The molecule has 0 saturated carbocycles. The number of aliphatic hydroxyl groups excluding tert-OH is 1. The van der Waals surface area contributed by atoms with Gasteiger partial charge in [-0.05, 0) is 18.2 Å². The van der Waals surface area contributed by atoms with Crippen molar-refractivity contribution in [3.63, 3.8) is 0 Å². The molecule has 0 aliphatic carbocycles. The quantitative estimate of drug-likeness (QED) is 0.701. The first-order chi connectivity index (χ1) is 10.2. The number of aliphatic hydroxyl groups is 1. The van der Waals surface area contributed by atoms with Crippen molar-refractivity contribution in [2.24, 2.45) is 0 Å². The summed E-state index contributed by atoms with van der Waals surface area (Å²) in [6, 6.07) is 11.2. The predicted molar refractivity (Wildman–Crippen MR) is 78.3 cm³/mol. The molecule has 2 aromatic carbocycles. The standard InChI is InChI=1S/C16H12N2O3/c19-8-7-18-11-4-2-1-3-9(11)13-12(18)6-5-10-14(13)16(21)17-15(10)20/h1-6,19H,7-8H2,(H,17,20,21). The van der Waals surface area contributed by atoms with E-state index in [0.717, 1.165) is 21.8 Å². The highest BCUT2D eigenvalue weighted by molar-refractivity contribution is 6.30. The fraction of sp³-hybridized carbons (Fsp3) is 0.125. The third-order valence-corrected chi connectivity index (χ3v) is 3.96. The van der Waals surface area contributed by atoms with E-state index in [1.807, 2.05) is 34.9 Å². The van der Waals surface area contributed by atoms with E-state index in [1.54, 1.807) is 6.07 Å². The average Bonchev–Trinajstić information content (AvgIpc) is 2.96. The van der Waals surface area contributed by atoms with E-state index in [9.17, 15) is 14.7 Å². The minimum atomic E-state index is -0.354. The Kier molecular flexibility index (Phi) is 2.40. The molecule has 1 aromatic heterocycles. The molecule has 0 unspecified atom stereocenters. The van der Waals surface area contributed by atoms with E-state index in [1.165, 1.54) is 0 Å². The monoisotopic (exact) mass is 280 g/mol. The van der Waals surface area contributed by atoms with Crippen molar-refractivity contribution in [1.29, 1.82) is 0 Å². The molecular weight excluding hydrogens is 268 g/mol. The third kappa shape index (κ3) is 1.49. The second-order valence-electron chi connectivity index (χ2n) is 5.06. The van der Waals surface area contributed by atoms with E-state index in [0.29, 0.717) is 17.7 Å². The molecule has 5 heteroatoms. The Hall–Kier alpha value is -2.66. The first-order valence-corrected chi connectivity index (χ1v) is 6.73. The number of nitrogens with one attached hydrogen (secondary N) is 1. The van der Waals surface area contributed by atoms with Crippen molar-refractivity contribution < 1.29 is 14.7 Å². The molecule has 0 fully saturated rings. The van der Waals surface area contributed by atoms with Crippen molar-refractivity contribution in [1.82, 2.24) is 9.88 Å². The molecule has 5 nitrogen and oxygen atoms in total. The van der Waals surface area contributed by atoms with Crippen LogP contribution in [-0.2, 0) is 6.54 Å². The van der Waals surface area contributed by atoms with Crippen molar-refractivity contribution in [2.45, 2.75) is 6.54 Å². The zero-order valence-electron chi connectivity index (χ0n) is 11.1. The van der Waals surface area contributed by atoms with Gasteiger partial charge in [-0.25, -0.2) is 0 Å². The van der Waals surface area contributed by atoms with Crippen LogP contribution in [0.1, 0.15) is 20.7 Å². The number of hydrogen-bond acceptors (Lipinski definition) is 3. The third-order valence-electron chi connectivity index (χ3n) is 3.96. The summed E-state index contributed by atoms with van der Waals surface area (Å²) in [7, 11) is 0. The minimum absolute atomic E-state index is 0.00991. The number of nitrogens with zero attached hydrogens (tertiary/aromatic N) is 1. The summed E-state index contributed by atoms with van der Waals surface area (Å²) in [4.78, 5) is 23.9. The smallest absolute Gasteiger partial charge is 0.259 e. The molecule has 21 heavy (non-hydrogen) atoms. The number of carbonyl (C=O) groups is 2. The van der Waals surface area contributed by atoms with Crippen LogP contribution in [0.25, 0.3) is 21.8 Å². The van der Waals surface area contributed by atoms with Crippen LogP contribution >= 0.6 is 0 Å². The van der Waals surface area contributed by atoms with Gasteiger partial charge in [0.25, 0.3) is 11.8 Å². The molecule has 2 amide bonds. The molecule has 3 aromatic rings. The summed E-state index contributed by atoms with van der Waals surface area (Å²) in [5.41, 5.74) is 2.65. The summed E-state index contributed by atoms with van der Waals surface area (Å²) < 4.78 is 1.97. The fourth-order valence-corrected chi connectivity index (χ4v) is 3.14. The number of benzene rings is 2. The Morgan fingerprint density at radius 2 is 1.81 bits per heavy atom. The molecule has 0 radical (unpaired) electrons. The van der Waals surface area contributed by atoms with Crippen LogP contribution < -0.4 is 5.32 Å². The van der Waals surface area contributed by atoms with Crippen LogP contribution in [0, 0.1) is 0 Å². The number of rotatable bonds is 2. The lowest BCUT2D eigenvalue weighted by molar-refractivity contribution is 0.0880. The Labute approximate surface area is 119 Å². The molecule has 0 bridgehead atoms. The number of fused-ring (bicyclic) bond motifs is 5. The lowest BCUT2D eigenvalue weighted by Crippen LogP contribution is -2.19. The molecule has 0 spiro atoms. The maximum atomic E-state index is 12.1. The maximum absolute atomic E-state index is 12.1. The number of imide groups is 1. The SMILES string of the molecule is O=C1NC(=O)c2c1ccc1c2c2ccccc2n1CCO. The van der Waals surface area contributed by atoms with Gasteiger partial charge in [0, 0.05) is 22.8 Å². The van der Waals surface area contributed by atoms with Gasteiger partial charge in [0.05, 0.1) is 23.3 Å². The molecule has 2 heterocycles. The van der Waals surface area contributed by atoms with E-state index in [4.69, 9.17) is 0 Å². The van der Waals surface area contributed by atoms with E-state index < -0.39 is 0 Å². The Morgan fingerprint density at radius 1 is 1.00 bits per heavy atom. The van der Waals surface area contributed by atoms with Gasteiger partial charge in [0.2, 0.25) is 0 Å². The van der Waals surface area contributed by atoms with E-state index in [2.05, 4.69) is 5.32 Å². The van der Waals surface area contributed by atoms with Gasteiger partial charge in [-0.15, -0.1) is 0 Å². The highest BCUT2D eigenvalue weighted by Crippen LogP contribution is 2.34. The molecule has 1 aliphatic rings. The first-order valence-electron chi connectivity index (χ1n) is 6.73. The summed E-state index contributed by atoms with van der Waals surface area (Å²) in [5.74, 6) is -0.705. The topological polar surface area (TPSA) is 71.3 Å². The van der Waals surface area contributed by atoms with Crippen molar-refractivity contribution >= 4 is 33.6 Å². The number of amides is 2. The Morgan fingerprint density at radius 3 is 2.62 bits per heavy atom. The second-order valence-corrected chi connectivity index (χ2v) is 5.06. The lowest BCUT2D eigenvalue weighted by Gasteiger charge is -2.04. The minimum Gasteiger partial charge on any atom is -0.395 e. The Balaban J connectivity index is 2.23. The van der Waals surface area contributed by atoms with Gasteiger partial charge in [-0.1, -0.05) is 18.2 Å². The van der Waals surface area contributed by atoms with Gasteiger partial charge < -0.3 is 9.67 Å². The van der Waals surface area contributed by atoms with Crippen molar-refractivity contribution in [3.05, 3.63) is 47.5 Å². The lowest BCUT2D eigenvalue weighted by atomic mass is 10.0. The molecule has 104 valence electrons. The first kappa shape index (κ1) is 12.1. The number of para-hydroxylation sites is 1. The van der Waals surface area contributed by atoms with Crippen LogP contribution in [-0.4, -0.2) is 28.1 Å². The van der Waals surface area contributed by atoms with Gasteiger partial charge in [0.15, 0.2) is 0 Å². The summed E-state index contributed by atoms with van der Waals surface area (Å²) in [6.07, 6.45) is 0. The van der Waals surface area contributed by atoms with Gasteiger partial charge in [-0.3, -0.25) is 14.9 Å². The summed E-state index contributed by atoms with van der Waals surface area (Å²) >= 11 is 0. The van der Waals surface area contributed by atoms with Crippen LogP contribution in [0.2, 0.25) is 0 Å². The van der Waals surface area contributed by atoms with Gasteiger partial charge in [-0.2, -0.15) is 0 Å².